The van der Waals surface area contributed by atoms with E-state index in [4.69, 9.17) is 0 Å². The van der Waals surface area contributed by atoms with Crippen molar-refractivity contribution in [2.24, 2.45) is 0 Å². The lowest BCUT2D eigenvalue weighted by molar-refractivity contribution is -0.189. The molecule has 0 unspecified atom stereocenters. The second-order valence-electron chi connectivity index (χ2n) is 8.63. The minimum absolute atomic E-state index is 0.0872. The molecule has 1 aliphatic rings. The number of alkyl halides is 6. The number of carbonyl (C=O) groups is 3. The highest BCUT2D eigenvalue weighted by Crippen LogP contribution is 2.33. The van der Waals surface area contributed by atoms with Gasteiger partial charge in [-0.05, 0) is 59.7 Å². The number of amides is 3. The zero-order valence-electron chi connectivity index (χ0n) is 20.4. The number of urea groups is 1. The van der Waals surface area contributed by atoms with E-state index in [2.05, 4.69) is 9.72 Å². The molecule has 216 valence electrons. The van der Waals surface area contributed by atoms with Crippen molar-refractivity contribution in [3.63, 3.8) is 0 Å². The van der Waals surface area contributed by atoms with Crippen LogP contribution in [0.5, 0.6) is 5.75 Å². The lowest BCUT2D eigenvalue weighted by Crippen LogP contribution is -2.36. The summed E-state index contributed by atoms with van der Waals surface area (Å²) in [6.07, 6.45) is -2.45. The van der Waals surface area contributed by atoms with Crippen molar-refractivity contribution >= 4 is 33.4 Å². The molecule has 0 radical (unpaired) electrons. The van der Waals surface area contributed by atoms with Crippen molar-refractivity contribution in [3.8, 4) is 5.75 Å². The topological polar surface area (TPSA) is 114 Å². The fourth-order valence-electron chi connectivity index (χ4n) is 3.93. The molecular weight excluding hydrogens is 584 g/mol. The van der Waals surface area contributed by atoms with Gasteiger partial charge in [0.05, 0.1) is 10.6 Å². The molecule has 4 rings (SSSR count). The van der Waals surface area contributed by atoms with Gasteiger partial charge in [0.15, 0.2) is 0 Å². The van der Waals surface area contributed by atoms with E-state index in [9.17, 15) is 49.1 Å². The Hall–Kier alpha value is -4.47. The number of nitrogens with zero attached hydrogens (tertiary/aromatic N) is 3. The molecule has 1 saturated heterocycles. The molecule has 1 aromatic heterocycles. The van der Waals surface area contributed by atoms with Crippen molar-refractivity contribution in [2.75, 3.05) is 4.90 Å². The summed E-state index contributed by atoms with van der Waals surface area (Å²) in [5.74, 6) is -3.62. The maximum absolute atomic E-state index is 13.4. The minimum atomic E-state index is -5.66. The first kappa shape index (κ1) is 29.5. The SMILES string of the molecule is O=C1[C@@H](Cc2ccc(OC(=O)C(F)(F)F)cc2)N(Cc2ccncc2)C(=O)N1c1ccc(S(=O)(=O)C(F)(F)F)cc1. The van der Waals surface area contributed by atoms with Crippen LogP contribution in [0.1, 0.15) is 11.1 Å². The monoisotopic (exact) mass is 601 g/mol. The molecule has 3 aromatic rings. The predicted octanol–water partition coefficient (Wildman–Crippen LogP) is 4.42. The van der Waals surface area contributed by atoms with Crippen LogP contribution >= 0.6 is 0 Å². The number of rotatable bonds is 7. The Morgan fingerprint density at radius 2 is 1.44 bits per heavy atom. The molecule has 0 spiro atoms. The first-order valence-electron chi connectivity index (χ1n) is 11.4. The average Bonchev–Trinajstić information content (AvgIpc) is 3.13. The summed E-state index contributed by atoms with van der Waals surface area (Å²) < 4.78 is 104. The van der Waals surface area contributed by atoms with Gasteiger partial charge in [0.1, 0.15) is 11.8 Å². The number of aromatic nitrogens is 1. The smallest absolute Gasteiger partial charge is 0.420 e. The fraction of sp³-hybridized carbons (Fsp3) is 0.200. The zero-order valence-corrected chi connectivity index (χ0v) is 21.2. The van der Waals surface area contributed by atoms with Crippen LogP contribution in [0, 0.1) is 0 Å². The minimum Gasteiger partial charge on any atom is -0.420 e. The van der Waals surface area contributed by atoms with E-state index in [0.29, 0.717) is 28.2 Å². The van der Waals surface area contributed by atoms with Crippen molar-refractivity contribution in [1.82, 2.24) is 9.88 Å². The lowest BCUT2D eigenvalue weighted by Gasteiger charge is -2.22. The van der Waals surface area contributed by atoms with E-state index in [0.717, 1.165) is 24.3 Å². The summed E-state index contributed by atoms with van der Waals surface area (Å²) >= 11 is 0. The standard InChI is InChI=1S/C25H17F6N3O6S/c26-24(27,28)22(36)40-18-5-1-15(2-6-18)13-20-21(35)34(23(37)33(20)14-16-9-11-32-12-10-16)17-3-7-19(8-4-17)41(38,39)25(29,30)31/h1-12,20H,13-14H2/t20-/m1/s1. The highest BCUT2D eigenvalue weighted by Gasteiger charge is 2.48. The maximum atomic E-state index is 13.4. The lowest BCUT2D eigenvalue weighted by atomic mass is 10.0. The summed E-state index contributed by atoms with van der Waals surface area (Å²) in [5.41, 5.74) is -4.79. The largest absolute Gasteiger partial charge is 0.501 e. The highest BCUT2D eigenvalue weighted by atomic mass is 32.2. The summed E-state index contributed by atoms with van der Waals surface area (Å²) in [6, 6.07) is 8.92. The maximum Gasteiger partial charge on any atom is 0.501 e. The molecule has 1 fully saturated rings. The van der Waals surface area contributed by atoms with Crippen molar-refractivity contribution in [2.45, 2.75) is 35.6 Å². The van der Waals surface area contributed by atoms with Crippen LogP contribution in [-0.4, -0.2) is 53.9 Å². The number of hydrogen-bond donors (Lipinski definition) is 0. The average molecular weight is 601 g/mol. The number of imide groups is 1. The molecule has 41 heavy (non-hydrogen) atoms. The number of anilines is 1. The summed E-state index contributed by atoms with van der Waals surface area (Å²) in [7, 11) is -5.66. The molecule has 3 amide bonds. The Bertz CT molecular complexity index is 1560. The van der Waals surface area contributed by atoms with Gasteiger partial charge in [-0.2, -0.15) is 26.3 Å². The number of halogens is 6. The molecule has 1 aliphatic heterocycles. The number of sulfone groups is 1. The van der Waals surface area contributed by atoms with Gasteiger partial charge in [-0.25, -0.2) is 22.9 Å². The normalized spacial score (nSPS) is 16.3. The van der Waals surface area contributed by atoms with Gasteiger partial charge in [-0.3, -0.25) is 9.78 Å². The van der Waals surface area contributed by atoms with E-state index in [1.807, 2.05) is 0 Å². The number of esters is 1. The van der Waals surface area contributed by atoms with Gasteiger partial charge >= 0.3 is 23.7 Å². The van der Waals surface area contributed by atoms with E-state index >= 15 is 0 Å². The summed E-state index contributed by atoms with van der Waals surface area (Å²) in [5, 5.41) is 0. The molecule has 16 heteroatoms. The third kappa shape index (κ3) is 6.16. The van der Waals surface area contributed by atoms with E-state index in [1.165, 1.54) is 29.4 Å². The molecule has 2 heterocycles. The first-order chi connectivity index (χ1) is 19.1. The van der Waals surface area contributed by atoms with Crippen LogP contribution in [0.25, 0.3) is 0 Å². The molecule has 0 N–H and O–H groups in total. The van der Waals surface area contributed by atoms with Crippen LogP contribution in [0.15, 0.2) is 78.0 Å². The third-order valence-corrected chi connectivity index (χ3v) is 7.43. The van der Waals surface area contributed by atoms with E-state index < -0.39 is 56.1 Å². The Labute approximate surface area is 227 Å². The number of carbonyl (C=O) groups excluding carboxylic acids is 3. The Balaban J connectivity index is 1.62. The number of benzene rings is 2. The van der Waals surface area contributed by atoms with Gasteiger partial charge in [0.2, 0.25) is 0 Å². The van der Waals surface area contributed by atoms with Gasteiger partial charge < -0.3 is 9.64 Å². The molecule has 0 aliphatic carbocycles. The summed E-state index contributed by atoms with van der Waals surface area (Å²) in [4.78, 5) is 42.5. The van der Waals surface area contributed by atoms with Crippen LogP contribution in [-0.2, 0) is 32.4 Å². The molecule has 9 nitrogen and oxygen atoms in total. The highest BCUT2D eigenvalue weighted by molar-refractivity contribution is 7.92. The Morgan fingerprint density at radius 1 is 0.854 bits per heavy atom. The van der Waals surface area contributed by atoms with Crippen molar-refractivity contribution < 1.29 is 53.9 Å². The van der Waals surface area contributed by atoms with Gasteiger partial charge in [0.25, 0.3) is 15.7 Å². The number of pyridine rings is 1. The molecule has 0 saturated carbocycles. The quantitative estimate of drug-likeness (QED) is 0.171. The van der Waals surface area contributed by atoms with Crippen molar-refractivity contribution in [1.29, 1.82) is 0 Å². The number of hydrogen-bond acceptors (Lipinski definition) is 7. The van der Waals surface area contributed by atoms with Crippen LogP contribution in [0.2, 0.25) is 0 Å². The van der Waals surface area contributed by atoms with Crippen molar-refractivity contribution in [3.05, 3.63) is 84.2 Å². The second-order valence-corrected chi connectivity index (χ2v) is 10.6. The molecule has 0 bridgehead atoms. The van der Waals surface area contributed by atoms with Gasteiger partial charge in [-0.15, -0.1) is 0 Å². The summed E-state index contributed by atoms with van der Waals surface area (Å²) in [6.45, 7) is -0.0872. The van der Waals surface area contributed by atoms with Crippen LogP contribution < -0.4 is 9.64 Å². The zero-order chi connectivity index (χ0) is 30.2. The third-order valence-electron chi connectivity index (χ3n) is 5.93. The molecule has 2 aromatic carbocycles. The first-order valence-corrected chi connectivity index (χ1v) is 12.9. The Kier molecular flexibility index (Phi) is 7.80. The molecule has 1 atom stereocenters. The molecular formula is C25H17F6N3O6S. The fourth-order valence-corrected chi connectivity index (χ4v) is 4.69. The van der Waals surface area contributed by atoms with Crippen LogP contribution in [0.4, 0.5) is 36.8 Å². The van der Waals surface area contributed by atoms with Crippen LogP contribution in [0.3, 0.4) is 0 Å². The van der Waals surface area contributed by atoms with Gasteiger partial charge in [-0.1, -0.05) is 12.1 Å². The number of ether oxygens (including phenoxy) is 1. The van der Waals surface area contributed by atoms with Gasteiger partial charge in [0, 0.05) is 25.4 Å². The second kappa shape index (κ2) is 10.8. The Morgan fingerprint density at radius 3 is 1.98 bits per heavy atom. The predicted molar refractivity (Wildman–Crippen MR) is 128 cm³/mol. The van der Waals surface area contributed by atoms with E-state index in [1.54, 1.807) is 12.1 Å². The van der Waals surface area contributed by atoms with E-state index in [-0.39, 0.29) is 18.7 Å².